The predicted molar refractivity (Wildman–Crippen MR) is 132 cm³/mol. The van der Waals surface area contributed by atoms with E-state index in [0.29, 0.717) is 38.2 Å². The molecule has 0 unspecified atom stereocenters. The van der Waals surface area contributed by atoms with Gasteiger partial charge in [0.15, 0.2) is 0 Å². The molecule has 0 aliphatic carbocycles. The van der Waals surface area contributed by atoms with E-state index in [1.54, 1.807) is 14.0 Å². The van der Waals surface area contributed by atoms with Gasteiger partial charge in [0.05, 0.1) is 19.0 Å². The van der Waals surface area contributed by atoms with Crippen molar-refractivity contribution in [1.29, 1.82) is 0 Å². The van der Waals surface area contributed by atoms with Crippen molar-refractivity contribution in [2.24, 2.45) is 7.05 Å². The van der Waals surface area contributed by atoms with E-state index < -0.39 is 33.7 Å². The molecule has 0 amide bonds. The van der Waals surface area contributed by atoms with Crippen LogP contribution >= 0.6 is 0 Å². The van der Waals surface area contributed by atoms with E-state index in [4.69, 9.17) is 4.74 Å². The summed E-state index contributed by atoms with van der Waals surface area (Å²) in [4.78, 5) is 2.01. The Labute approximate surface area is 209 Å². The van der Waals surface area contributed by atoms with Crippen LogP contribution in [0.25, 0.3) is 10.9 Å². The van der Waals surface area contributed by atoms with Gasteiger partial charge in [-0.15, -0.1) is 0 Å². The summed E-state index contributed by atoms with van der Waals surface area (Å²) in [6.07, 6.45) is 1.71. The number of aromatic nitrogens is 1. The minimum Gasteiger partial charge on any atom is -0.488 e. The van der Waals surface area contributed by atoms with Crippen LogP contribution in [0, 0.1) is 11.6 Å². The van der Waals surface area contributed by atoms with Crippen LogP contribution in [0.5, 0.6) is 5.75 Å². The zero-order valence-electron chi connectivity index (χ0n) is 20.5. The lowest BCUT2D eigenvalue weighted by molar-refractivity contribution is 0.0180. The highest BCUT2D eigenvalue weighted by Crippen LogP contribution is 2.45. The molecule has 3 heterocycles. The lowest BCUT2D eigenvalue weighted by Crippen LogP contribution is -2.53. The average molecular weight is 522 g/mol. The Hall–Kier alpha value is -2.56. The second-order valence-corrected chi connectivity index (χ2v) is 11.7. The zero-order valence-corrected chi connectivity index (χ0v) is 21.4. The third-order valence-corrected chi connectivity index (χ3v) is 8.59. The van der Waals surface area contributed by atoms with Gasteiger partial charge in [0.2, 0.25) is 10.0 Å². The Kier molecular flexibility index (Phi) is 6.55. The summed E-state index contributed by atoms with van der Waals surface area (Å²) in [5.41, 5.74) is 2.02. The van der Waals surface area contributed by atoms with E-state index in [1.807, 2.05) is 33.7 Å². The number of halogens is 3. The van der Waals surface area contributed by atoms with Crippen molar-refractivity contribution >= 4 is 20.9 Å². The first-order valence-corrected chi connectivity index (χ1v) is 13.9. The molecule has 10 heteroatoms. The highest BCUT2D eigenvalue weighted by Gasteiger charge is 2.44. The Balaban J connectivity index is 1.56. The molecule has 194 valence electrons. The number of para-hydroxylation sites is 1. The van der Waals surface area contributed by atoms with Crippen molar-refractivity contribution in [3.05, 3.63) is 64.9 Å². The Morgan fingerprint density at radius 2 is 1.78 bits per heavy atom. The smallest absolute Gasteiger partial charge is 0.212 e. The fourth-order valence-corrected chi connectivity index (χ4v) is 7.06. The van der Waals surface area contributed by atoms with Gasteiger partial charge >= 0.3 is 0 Å². The molecule has 2 atom stereocenters. The van der Waals surface area contributed by atoms with Crippen LogP contribution in [0.1, 0.15) is 36.2 Å². The maximum atomic E-state index is 15.7. The molecule has 1 saturated heterocycles. The highest BCUT2D eigenvalue weighted by atomic mass is 32.2. The van der Waals surface area contributed by atoms with E-state index in [-0.39, 0.29) is 24.1 Å². The number of ether oxygens (including phenoxy) is 1. The number of benzene rings is 2. The first-order chi connectivity index (χ1) is 17.1. The van der Waals surface area contributed by atoms with E-state index in [1.165, 1.54) is 4.31 Å². The minimum absolute atomic E-state index is 0.0518. The van der Waals surface area contributed by atoms with Crippen LogP contribution < -0.4 is 4.74 Å². The zero-order chi connectivity index (χ0) is 25.8. The number of hydrogen-bond donors (Lipinski definition) is 0. The average Bonchev–Trinajstić information content (AvgIpc) is 3.05. The van der Waals surface area contributed by atoms with Gasteiger partial charge in [-0.2, -0.15) is 4.31 Å². The molecule has 0 spiro atoms. The van der Waals surface area contributed by atoms with Gasteiger partial charge in [0, 0.05) is 67.0 Å². The van der Waals surface area contributed by atoms with Crippen LogP contribution in [-0.4, -0.2) is 66.9 Å². The number of sulfonamides is 1. The molecule has 6 nitrogen and oxygen atoms in total. The molecule has 3 aromatic rings. The molecule has 1 aromatic heterocycles. The van der Waals surface area contributed by atoms with Crippen molar-refractivity contribution in [2.45, 2.75) is 38.0 Å². The Morgan fingerprint density at radius 1 is 1.11 bits per heavy atom. The molecular weight excluding hydrogens is 491 g/mol. The summed E-state index contributed by atoms with van der Waals surface area (Å²) in [6.45, 7) is 3.12. The summed E-state index contributed by atoms with van der Waals surface area (Å²) >= 11 is 0. The highest BCUT2D eigenvalue weighted by molar-refractivity contribution is 7.88. The summed E-state index contributed by atoms with van der Waals surface area (Å²) in [6, 6.07) is 8.25. The second-order valence-electron chi connectivity index (χ2n) is 9.83. The van der Waals surface area contributed by atoms with Crippen LogP contribution in [0.15, 0.2) is 36.4 Å². The molecule has 0 radical (unpaired) electrons. The maximum absolute atomic E-state index is 15.7. The largest absolute Gasteiger partial charge is 0.488 e. The Bertz CT molecular complexity index is 1380. The summed E-state index contributed by atoms with van der Waals surface area (Å²) < 4.78 is 78.4. The lowest BCUT2D eigenvalue weighted by atomic mass is 9.90. The molecule has 0 saturated carbocycles. The van der Waals surface area contributed by atoms with Gasteiger partial charge in [-0.05, 0) is 31.4 Å². The van der Waals surface area contributed by atoms with Crippen LogP contribution in [-0.2, 0) is 23.5 Å². The number of fused-ring (bicyclic) bond motifs is 3. The SMILES string of the molecule is C[C@@H]1Cc2c(n(C)c3ccccc23)[C@@H](c2c(F)cc(OC3CN(CCCF)C3)cc2F)N1S(C)(=O)=O. The van der Waals surface area contributed by atoms with E-state index in [9.17, 15) is 12.8 Å². The third-order valence-electron chi connectivity index (χ3n) is 7.25. The molecule has 0 N–H and O–H groups in total. The molecule has 36 heavy (non-hydrogen) atoms. The molecule has 2 aliphatic rings. The van der Waals surface area contributed by atoms with Crippen molar-refractivity contribution < 1.29 is 26.3 Å². The first kappa shape index (κ1) is 25.1. The van der Waals surface area contributed by atoms with E-state index >= 15 is 8.78 Å². The van der Waals surface area contributed by atoms with Gasteiger partial charge in [-0.25, -0.2) is 17.2 Å². The van der Waals surface area contributed by atoms with Gasteiger partial charge < -0.3 is 9.30 Å². The number of rotatable bonds is 7. The first-order valence-electron chi connectivity index (χ1n) is 12.1. The van der Waals surface area contributed by atoms with E-state index in [0.717, 1.165) is 34.9 Å². The normalized spacial score (nSPS) is 21.5. The summed E-state index contributed by atoms with van der Waals surface area (Å²) in [5, 5.41) is 0.947. The molecule has 0 bridgehead atoms. The van der Waals surface area contributed by atoms with Crippen LogP contribution in [0.2, 0.25) is 0 Å². The fraction of sp³-hybridized carbons (Fsp3) is 0.462. The van der Waals surface area contributed by atoms with Gasteiger partial charge in [-0.1, -0.05) is 18.2 Å². The number of likely N-dealkylation sites (tertiary alicyclic amines) is 1. The van der Waals surface area contributed by atoms with Crippen molar-refractivity contribution in [1.82, 2.24) is 13.8 Å². The van der Waals surface area contributed by atoms with Gasteiger partial charge in [-0.3, -0.25) is 9.29 Å². The number of hydrogen-bond acceptors (Lipinski definition) is 4. The van der Waals surface area contributed by atoms with Crippen molar-refractivity contribution in [3.8, 4) is 5.75 Å². The molecule has 2 aromatic carbocycles. The Morgan fingerprint density at radius 3 is 2.42 bits per heavy atom. The quantitative estimate of drug-likeness (QED) is 0.468. The maximum Gasteiger partial charge on any atom is 0.212 e. The molecule has 1 fully saturated rings. The molecular formula is C26H30F3N3O3S. The van der Waals surface area contributed by atoms with Gasteiger partial charge in [0.1, 0.15) is 23.5 Å². The second kappa shape index (κ2) is 9.39. The standard InChI is InChI=1S/C26H30F3N3O3S/c1-16-11-20-19-7-4-5-8-23(19)30(2)25(20)26(32(16)36(3,33)34)24-21(28)12-17(13-22(24)29)35-18-14-31(15-18)10-6-9-27/h4-5,7-8,12-13,16,18,26H,6,9-11,14-15H2,1-3H3/t16-,26-/m1/s1. The minimum atomic E-state index is -3.82. The lowest BCUT2D eigenvalue weighted by Gasteiger charge is -2.40. The topological polar surface area (TPSA) is 54.8 Å². The summed E-state index contributed by atoms with van der Waals surface area (Å²) in [7, 11) is -2.02. The predicted octanol–water partition coefficient (Wildman–Crippen LogP) is 4.17. The number of nitrogens with zero attached hydrogens (tertiary/aromatic N) is 3. The monoisotopic (exact) mass is 521 g/mol. The van der Waals surface area contributed by atoms with Crippen LogP contribution in [0.3, 0.4) is 0 Å². The van der Waals surface area contributed by atoms with Crippen molar-refractivity contribution in [3.63, 3.8) is 0 Å². The van der Waals surface area contributed by atoms with Crippen LogP contribution in [0.4, 0.5) is 13.2 Å². The summed E-state index contributed by atoms with van der Waals surface area (Å²) in [5.74, 6) is -1.67. The third kappa shape index (κ3) is 4.29. The molecule has 5 rings (SSSR count). The number of aryl methyl sites for hydroxylation is 1. The fourth-order valence-electron chi connectivity index (χ4n) is 5.74. The molecule has 2 aliphatic heterocycles. The van der Waals surface area contributed by atoms with E-state index in [2.05, 4.69) is 0 Å². The van der Waals surface area contributed by atoms with Crippen molar-refractivity contribution in [2.75, 3.05) is 32.6 Å². The number of alkyl halides is 1. The van der Waals surface area contributed by atoms with Gasteiger partial charge in [0.25, 0.3) is 0 Å².